The average Bonchev–Trinajstić information content (AvgIpc) is 2.72. The lowest BCUT2D eigenvalue weighted by Crippen LogP contribution is -2.30. The van der Waals surface area contributed by atoms with E-state index in [2.05, 4.69) is 10.2 Å². The second-order valence-corrected chi connectivity index (χ2v) is 4.47. The standard InChI is InChI=1S/C9H15F3N4S/c1-2-3-5-16(6-4-13)8-15-14-7(17-8)9(10,11)12/h2-6,13H2,1H3. The zero-order valence-corrected chi connectivity index (χ0v) is 10.3. The van der Waals surface area contributed by atoms with E-state index in [0.29, 0.717) is 31.0 Å². The largest absolute Gasteiger partial charge is 0.445 e. The predicted molar refractivity (Wildman–Crippen MR) is 61.1 cm³/mol. The number of halogens is 3. The van der Waals surface area contributed by atoms with Crippen LogP contribution in [0.5, 0.6) is 0 Å². The molecule has 0 aliphatic heterocycles. The quantitative estimate of drug-likeness (QED) is 0.858. The molecule has 98 valence electrons. The minimum absolute atomic E-state index is 0.288. The summed E-state index contributed by atoms with van der Waals surface area (Å²) in [6, 6.07) is 0. The van der Waals surface area contributed by atoms with Gasteiger partial charge in [0.05, 0.1) is 0 Å². The molecule has 0 aliphatic carbocycles. The van der Waals surface area contributed by atoms with Crippen molar-refractivity contribution in [2.24, 2.45) is 5.73 Å². The molecule has 8 heteroatoms. The maximum absolute atomic E-state index is 12.4. The molecule has 0 aromatic carbocycles. The molecule has 1 heterocycles. The minimum atomic E-state index is -4.42. The van der Waals surface area contributed by atoms with Crippen LogP contribution in [0.15, 0.2) is 0 Å². The highest BCUT2D eigenvalue weighted by atomic mass is 32.1. The summed E-state index contributed by atoms with van der Waals surface area (Å²) in [6.07, 6.45) is -2.57. The Morgan fingerprint density at radius 2 is 2.00 bits per heavy atom. The Morgan fingerprint density at radius 1 is 1.29 bits per heavy atom. The number of unbranched alkanes of at least 4 members (excludes halogenated alkanes) is 1. The second-order valence-electron chi connectivity index (χ2n) is 3.52. The molecule has 17 heavy (non-hydrogen) atoms. The molecule has 1 aromatic rings. The van der Waals surface area contributed by atoms with Gasteiger partial charge in [0.1, 0.15) is 0 Å². The monoisotopic (exact) mass is 268 g/mol. The Kier molecular flexibility index (Phi) is 5.13. The molecule has 2 N–H and O–H groups in total. The molecule has 4 nitrogen and oxygen atoms in total. The zero-order chi connectivity index (χ0) is 12.9. The van der Waals surface area contributed by atoms with Crippen LogP contribution < -0.4 is 10.6 Å². The summed E-state index contributed by atoms with van der Waals surface area (Å²) in [5, 5.41) is 6.11. The van der Waals surface area contributed by atoms with Gasteiger partial charge in [0.15, 0.2) is 0 Å². The van der Waals surface area contributed by atoms with Crippen molar-refractivity contribution in [1.82, 2.24) is 10.2 Å². The van der Waals surface area contributed by atoms with Crippen LogP contribution in [0, 0.1) is 0 Å². The Morgan fingerprint density at radius 3 is 2.47 bits per heavy atom. The van der Waals surface area contributed by atoms with Gasteiger partial charge in [-0.1, -0.05) is 24.7 Å². The van der Waals surface area contributed by atoms with Crippen molar-refractivity contribution < 1.29 is 13.2 Å². The first-order valence-corrected chi connectivity index (χ1v) is 6.16. The molecule has 0 atom stereocenters. The van der Waals surface area contributed by atoms with E-state index in [9.17, 15) is 13.2 Å². The maximum atomic E-state index is 12.4. The van der Waals surface area contributed by atoms with E-state index in [4.69, 9.17) is 5.73 Å². The van der Waals surface area contributed by atoms with Gasteiger partial charge in [-0.2, -0.15) is 13.2 Å². The van der Waals surface area contributed by atoms with Gasteiger partial charge in [0, 0.05) is 19.6 Å². The number of rotatable bonds is 6. The van der Waals surface area contributed by atoms with E-state index < -0.39 is 11.2 Å². The van der Waals surface area contributed by atoms with Crippen LogP contribution in [0.4, 0.5) is 18.3 Å². The van der Waals surface area contributed by atoms with Gasteiger partial charge in [-0.15, -0.1) is 10.2 Å². The molecule has 0 fully saturated rings. The van der Waals surface area contributed by atoms with Crippen LogP contribution in [-0.4, -0.2) is 29.8 Å². The average molecular weight is 268 g/mol. The molecular weight excluding hydrogens is 253 g/mol. The Bertz CT molecular complexity index is 339. The summed E-state index contributed by atoms with van der Waals surface area (Å²) < 4.78 is 37.1. The lowest BCUT2D eigenvalue weighted by atomic mass is 10.3. The van der Waals surface area contributed by atoms with Crippen molar-refractivity contribution in [2.75, 3.05) is 24.5 Å². The smallest absolute Gasteiger partial charge is 0.345 e. The van der Waals surface area contributed by atoms with Crippen molar-refractivity contribution in [3.05, 3.63) is 5.01 Å². The third-order valence-corrected chi connectivity index (χ3v) is 3.14. The molecular formula is C9H15F3N4S. The summed E-state index contributed by atoms with van der Waals surface area (Å²) in [7, 11) is 0. The lowest BCUT2D eigenvalue weighted by Gasteiger charge is -2.19. The molecule has 1 aromatic heterocycles. The topological polar surface area (TPSA) is 55.0 Å². The van der Waals surface area contributed by atoms with Crippen LogP contribution in [0.2, 0.25) is 0 Å². The third kappa shape index (κ3) is 4.12. The highest BCUT2D eigenvalue weighted by molar-refractivity contribution is 7.15. The summed E-state index contributed by atoms with van der Waals surface area (Å²) in [4.78, 5) is 1.75. The van der Waals surface area contributed by atoms with Gasteiger partial charge in [-0.05, 0) is 6.42 Å². The third-order valence-electron chi connectivity index (χ3n) is 2.11. The molecule has 0 amide bonds. The first kappa shape index (κ1) is 14.2. The van der Waals surface area contributed by atoms with E-state index in [-0.39, 0.29) is 5.13 Å². The van der Waals surface area contributed by atoms with Gasteiger partial charge in [0.25, 0.3) is 0 Å². The Balaban J connectivity index is 2.76. The van der Waals surface area contributed by atoms with Gasteiger partial charge in [-0.25, -0.2) is 0 Å². The molecule has 0 aliphatic rings. The number of anilines is 1. The van der Waals surface area contributed by atoms with E-state index in [1.54, 1.807) is 4.90 Å². The Labute approximate surface area is 102 Å². The second kappa shape index (κ2) is 6.15. The van der Waals surface area contributed by atoms with Crippen molar-refractivity contribution in [2.45, 2.75) is 25.9 Å². The molecule has 0 spiro atoms. The summed E-state index contributed by atoms with van der Waals surface area (Å²) >= 11 is 0.561. The number of aromatic nitrogens is 2. The maximum Gasteiger partial charge on any atom is 0.445 e. The fourth-order valence-corrected chi connectivity index (χ4v) is 2.03. The van der Waals surface area contributed by atoms with Crippen LogP contribution in [-0.2, 0) is 6.18 Å². The summed E-state index contributed by atoms with van der Waals surface area (Å²) in [5.74, 6) is 0. The van der Waals surface area contributed by atoms with Crippen LogP contribution in [0.25, 0.3) is 0 Å². The zero-order valence-electron chi connectivity index (χ0n) is 9.50. The normalized spacial score (nSPS) is 11.8. The number of hydrogen-bond acceptors (Lipinski definition) is 5. The summed E-state index contributed by atoms with van der Waals surface area (Å²) in [6.45, 7) is 3.54. The van der Waals surface area contributed by atoms with E-state index >= 15 is 0 Å². The molecule has 0 saturated heterocycles. The van der Waals surface area contributed by atoms with Gasteiger partial charge >= 0.3 is 6.18 Å². The molecule has 0 unspecified atom stereocenters. The number of nitrogens with zero attached hydrogens (tertiary/aromatic N) is 3. The lowest BCUT2D eigenvalue weighted by molar-refractivity contribution is -0.138. The van der Waals surface area contributed by atoms with E-state index in [1.807, 2.05) is 6.92 Å². The number of hydrogen-bond donors (Lipinski definition) is 1. The molecule has 1 rings (SSSR count). The molecule has 0 bridgehead atoms. The minimum Gasteiger partial charge on any atom is -0.345 e. The fraction of sp³-hybridized carbons (Fsp3) is 0.778. The van der Waals surface area contributed by atoms with Crippen molar-refractivity contribution in [1.29, 1.82) is 0 Å². The van der Waals surface area contributed by atoms with Gasteiger partial charge in [-0.3, -0.25) is 0 Å². The summed E-state index contributed by atoms with van der Waals surface area (Å²) in [5.41, 5.74) is 5.42. The predicted octanol–water partition coefficient (Wildman–Crippen LogP) is 2.12. The fourth-order valence-electron chi connectivity index (χ4n) is 1.27. The van der Waals surface area contributed by atoms with E-state index in [0.717, 1.165) is 12.8 Å². The van der Waals surface area contributed by atoms with Gasteiger partial charge < -0.3 is 10.6 Å². The van der Waals surface area contributed by atoms with Crippen molar-refractivity contribution >= 4 is 16.5 Å². The first-order valence-electron chi connectivity index (χ1n) is 5.34. The van der Waals surface area contributed by atoms with Gasteiger partial charge in [0.2, 0.25) is 10.1 Å². The van der Waals surface area contributed by atoms with E-state index in [1.165, 1.54) is 0 Å². The van der Waals surface area contributed by atoms with Crippen molar-refractivity contribution in [3.8, 4) is 0 Å². The SMILES string of the molecule is CCCCN(CCN)c1nnc(C(F)(F)F)s1. The molecule has 0 radical (unpaired) electrons. The number of alkyl halides is 3. The Hall–Kier alpha value is -0.890. The van der Waals surface area contributed by atoms with Crippen LogP contribution in [0.3, 0.4) is 0 Å². The highest BCUT2D eigenvalue weighted by Gasteiger charge is 2.36. The number of nitrogens with two attached hydrogens (primary N) is 1. The van der Waals surface area contributed by atoms with Crippen LogP contribution >= 0.6 is 11.3 Å². The molecule has 0 saturated carbocycles. The van der Waals surface area contributed by atoms with Crippen LogP contribution in [0.1, 0.15) is 24.8 Å². The highest BCUT2D eigenvalue weighted by Crippen LogP contribution is 2.34. The van der Waals surface area contributed by atoms with Crippen molar-refractivity contribution in [3.63, 3.8) is 0 Å². The first-order chi connectivity index (χ1) is 7.99.